The van der Waals surface area contributed by atoms with Gasteiger partial charge >= 0.3 is 0 Å². The van der Waals surface area contributed by atoms with Crippen LogP contribution in [0.4, 0.5) is 4.39 Å². The molecule has 2 N–H and O–H groups in total. The fourth-order valence-corrected chi connectivity index (χ4v) is 2.47. The van der Waals surface area contributed by atoms with E-state index in [1.54, 1.807) is 12.1 Å². The monoisotopic (exact) mass is 280 g/mol. The van der Waals surface area contributed by atoms with Crippen LogP contribution in [0.1, 0.15) is 22.9 Å². The molecule has 3 rings (SSSR count). The Morgan fingerprint density at radius 2 is 1.81 bits per heavy atom. The predicted octanol–water partition coefficient (Wildman–Crippen LogP) is 3.92. The molecule has 0 saturated carbocycles. The predicted molar refractivity (Wildman–Crippen MR) is 83.5 cm³/mol. The van der Waals surface area contributed by atoms with E-state index in [-0.39, 0.29) is 11.9 Å². The molecule has 0 bridgehead atoms. The van der Waals surface area contributed by atoms with Crippen molar-refractivity contribution in [3.05, 3.63) is 77.2 Å². The van der Waals surface area contributed by atoms with Gasteiger partial charge in [-0.15, -0.1) is 0 Å². The summed E-state index contributed by atoms with van der Waals surface area (Å²) in [6.45, 7) is 1.98. The maximum absolute atomic E-state index is 12.9. The van der Waals surface area contributed by atoms with Gasteiger partial charge in [-0.2, -0.15) is 0 Å². The van der Waals surface area contributed by atoms with Crippen molar-refractivity contribution in [2.24, 2.45) is 5.73 Å². The van der Waals surface area contributed by atoms with Crippen LogP contribution < -0.4 is 5.73 Å². The first-order chi connectivity index (χ1) is 10.1. The van der Waals surface area contributed by atoms with Crippen LogP contribution in [0, 0.1) is 12.7 Å². The average Bonchev–Trinajstić information content (AvgIpc) is 2.49. The molecule has 0 aliphatic heterocycles. The molecule has 0 spiro atoms. The van der Waals surface area contributed by atoms with Gasteiger partial charge in [0, 0.05) is 17.1 Å². The summed E-state index contributed by atoms with van der Waals surface area (Å²) in [7, 11) is 0. The Morgan fingerprint density at radius 3 is 2.57 bits per heavy atom. The molecule has 0 saturated heterocycles. The number of fused-ring (bicyclic) bond motifs is 1. The first-order valence-electron chi connectivity index (χ1n) is 6.99. The van der Waals surface area contributed by atoms with Crippen molar-refractivity contribution in [1.82, 2.24) is 4.98 Å². The summed E-state index contributed by atoms with van der Waals surface area (Å²) >= 11 is 0. The first kappa shape index (κ1) is 13.7. The quantitative estimate of drug-likeness (QED) is 0.789. The number of benzene rings is 2. The summed E-state index contributed by atoms with van der Waals surface area (Å²) in [5.41, 5.74) is 10.4. The molecule has 1 unspecified atom stereocenters. The van der Waals surface area contributed by atoms with Crippen molar-refractivity contribution in [3.63, 3.8) is 0 Å². The number of rotatable bonds is 3. The second kappa shape index (κ2) is 5.62. The summed E-state index contributed by atoms with van der Waals surface area (Å²) < 4.78 is 12.9. The van der Waals surface area contributed by atoms with Crippen molar-refractivity contribution in [2.45, 2.75) is 19.4 Å². The molecule has 0 fully saturated rings. The Labute approximate surface area is 123 Å². The zero-order valence-electron chi connectivity index (χ0n) is 11.9. The van der Waals surface area contributed by atoms with E-state index in [1.807, 2.05) is 25.1 Å². The third-order valence-corrected chi connectivity index (χ3v) is 3.65. The molecular formula is C18H17FN2. The van der Waals surface area contributed by atoms with Crippen LogP contribution in [0.5, 0.6) is 0 Å². The molecule has 106 valence electrons. The minimum absolute atomic E-state index is 0.110. The van der Waals surface area contributed by atoms with E-state index in [4.69, 9.17) is 5.73 Å². The molecule has 1 atom stereocenters. The van der Waals surface area contributed by atoms with Gasteiger partial charge in [0.2, 0.25) is 0 Å². The highest BCUT2D eigenvalue weighted by atomic mass is 19.1. The normalized spacial score (nSPS) is 12.5. The lowest BCUT2D eigenvalue weighted by Crippen LogP contribution is -2.13. The van der Waals surface area contributed by atoms with E-state index in [9.17, 15) is 4.39 Å². The molecule has 0 aliphatic rings. The van der Waals surface area contributed by atoms with E-state index >= 15 is 0 Å². The summed E-state index contributed by atoms with van der Waals surface area (Å²) in [5, 5.41) is 1.09. The van der Waals surface area contributed by atoms with Crippen molar-refractivity contribution in [3.8, 4) is 0 Å². The standard InChI is InChI=1S/C18H17FN2/c1-12-2-5-15-11-14(6-9-18(15)21-12)17(20)10-13-3-7-16(19)8-4-13/h2-9,11,17H,10,20H2,1H3. The lowest BCUT2D eigenvalue weighted by Gasteiger charge is -2.13. The summed E-state index contributed by atoms with van der Waals surface area (Å²) in [6.07, 6.45) is 0.686. The van der Waals surface area contributed by atoms with Gasteiger partial charge in [-0.05, 0) is 54.8 Å². The summed E-state index contributed by atoms with van der Waals surface area (Å²) in [6, 6.07) is 16.5. The molecule has 3 aromatic rings. The Hall–Kier alpha value is -2.26. The van der Waals surface area contributed by atoms with Crippen molar-refractivity contribution < 1.29 is 4.39 Å². The zero-order valence-corrected chi connectivity index (χ0v) is 11.9. The summed E-state index contributed by atoms with van der Waals surface area (Å²) in [5.74, 6) is -0.223. The smallest absolute Gasteiger partial charge is 0.123 e. The lowest BCUT2D eigenvalue weighted by atomic mass is 9.98. The maximum atomic E-state index is 12.9. The van der Waals surface area contributed by atoms with Crippen molar-refractivity contribution in [2.75, 3.05) is 0 Å². The average molecular weight is 280 g/mol. The number of nitrogens with two attached hydrogens (primary N) is 1. The van der Waals surface area contributed by atoms with Crippen LogP contribution >= 0.6 is 0 Å². The number of hydrogen-bond donors (Lipinski definition) is 1. The molecule has 1 heterocycles. The van der Waals surface area contributed by atoms with Crippen LogP contribution in [0.3, 0.4) is 0 Å². The fraction of sp³-hybridized carbons (Fsp3) is 0.167. The van der Waals surface area contributed by atoms with Gasteiger partial charge in [-0.1, -0.05) is 24.3 Å². The third-order valence-electron chi connectivity index (χ3n) is 3.65. The number of hydrogen-bond acceptors (Lipinski definition) is 2. The second-order valence-corrected chi connectivity index (χ2v) is 5.34. The van der Waals surface area contributed by atoms with Gasteiger partial charge in [0.15, 0.2) is 0 Å². The maximum Gasteiger partial charge on any atom is 0.123 e. The fourth-order valence-electron chi connectivity index (χ4n) is 2.47. The van der Waals surface area contributed by atoms with Crippen LogP contribution in [0.15, 0.2) is 54.6 Å². The number of aromatic nitrogens is 1. The molecule has 21 heavy (non-hydrogen) atoms. The van der Waals surface area contributed by atoms with Gasteiger partial charge in [-0.3, -0.25) is 4.98 Å². The Kier molecular flexibility index (Phi) is 3.67. The minimum Gasteiger partial charge on any atom is -0.324 e. The van der Waals surface area contributed by atoms with Crippen LogP contribution in [-0.2, 0) is 6.42 Å². The highest BCUT2D eigenvalue weighted by Crippen LogP contribution is 2.21. The summed E-state index contributed by atoms with van der Waals surface area (Å²) in [4.78, 5) is 4.49. The van der Waals surface area contributed by atoms with Gasteiger partial charge in [0.05, 0.1) is 5.52 Å². The van der Waals surface area contributed by atoms with Gasteiger partial charge in [0.1, 0.15) is 5.82 Å². The minimum atomic E-state index is -0.223. The van der Waals surface area contributed by atoms with Crippen molar-refractivity contribution >= 4 is 10.9 Å². The van der Waals surface area contributed by atoms with Crippen molar-refractivity contribution in [1.29, 1.82) is 0 Å². The lowest BCUT2D eigenvalue weighted by molar-refractivity contribution is 0.625. The molecular weight excluding hydrogens is 263 g/mol. The van der Waals surface area contributed by atoms with E-state index in [2.05, 4.69) is 17.1 Å². The van der Waals surface area contributed by atoms with Gasteiger partial charge in [-0.25, -0.2) is 4.39 Å². The molecule has 0 radical (unpaired) electrons. The highest BCUT2D eigenvalue weighted by Gasteiger charge is 2.08. The molecule has 0 aliphatic carbocycles. The number of aryl methyl sites for hydroxylation is 1. The molecule has 0 amide bonds. The Bertz CT molecular complexity index is 766. The zero-order chi connectivity index (χ0) is 14.8. The molecule has 2 nitrogen and oxygen atoms in total. The highest BCUT2D eigenvalue weighted by molar-refractivity contribution is 5.79. The number of nitrogens with zero attached hydrogens (tertiary/aromatic N) is 1. The van der Waals surface area contributed by atoms with Gasteiger partial charge in [0.25, 0.3) is 0 Å². The molecule has 2 aromatic carbocycles. The largest absolute Gasteiger partial charge is 0.324 e. The first-order valence-corrected chi connectivity index (χ1v) is 6.99. The topological polar surface area (TPSA) is 38.9 Å². The number of pyridine rings is 1. The SMILES string of the molecule is Cc1ccc2cc(C(N)Cc3ccc(F)cc3)ccc2n1. The van der Waals surface area contributed by atoms with E-state index in [1.165, 1.54) is 12.1 Å². The van der Waals surface area contributed by atoms with E-state index in [0.717, 1.165) is 27.7 Å². The molecule has 3 heteroatoms. The number of halogens is 1. The third kappa shape index (κ3) is 3.09. The second-order valence-electron chi connectivity index (χ2n) is 5.34. The van der Waals surface area contributed by atoms with Gasteiger partial charge < -0.3 is 5.73 Å². The molecule has 1 aromatic heterocycles. The Morgan fingerprint density at radius 1 is 1.05 bits per heavy atom. The van der Waals surface area contributed by atoms with E-state index < -0.39 is 0 Å². The van der Waals surface area contributed by atoms with Crippen LogP contribution in [-0.4, -0.2) is 4.98 Å². The van der Waals surface area contributed by atoms with E-state index in [0.29, 0.717) is 6.42 Å². The Balaban J connectivity index is 1.85. The van der Waals surface area contributed by atoms with Crippen LogP contribution in [0.2, 0.25) is 0 Å². The van der Waals surface area contributed by atoms with Crippen LogP contribution in [0.25, 0.3) is 10.9 Å².